The highest BCUT2D eigenvalue weighted by Crippen LogP contribution is 2.09. The molecule has 0 amide bonds. The first-order valence-corrected chi connectivity index (χ1v) is 9.58. The Kier molecular flexibility index (Phi) is 8.73. The summed E-state index contributed by atoms with van der Waals surface area (Å²) in [4.78, 5) is 2.34. The minimum atomic E-state index is -3.17. The van der Waals surface area contributed by atoms with Crippen molar-refractivity contribution < 1.29 is 13.2 Å². The average molecular weight is 321 g/mol. The van der Waals surface area contributed by atoms with E-state index in [9.17, 15) is 8.42 Å². The van der Waals surface area contributed by atoms with Crippen LogP contribution in [0.4, 0.5) is 0 Å². The van der Waals surface area contributed by atoms with Crippen LogP contribution in [0.1, 0.15) is 33.1 Å². The number of sulfonamides is 1. The zero-order valence-corrected chi connectivity index (χ0v) is 14.3. The zero-order valence-electron chi connectivity index (χ0n) is 13.5. The highest BCUT2D eigenvalue weighted by atomic mass is 32.2. The quantitative estimate of drug-likeness (QED) is 0.593. The van der Waals surface area contributed by atoms with Crippen LogP contribution < -0.4 is 5.73 Å². The lowest BCUT2D eigenvalue weighted by Gasteiger charge is -2.34. The van der Waals surface area contributed by atoms with Gasteiger partial charge in [0.25, 0.3) is 0 Å². The van der Waals surface area contributed by atoms with E-state index in [0.717, 1.165) is 45.4 Å². The van der Waals surface area contributed by atoms with Crippen molar-refractivity contribution in [2.45, 2.75) is 39.2 Å². The van der Waals surface area contributed by atoms with Crippen molar-refractivity contribution in [3.63, 3.8) is 0 Å². The smallest absolute Gasteiger partial charge is 0.216 e. The Hall–Kier alpha value is -0.210. The van der Waals surface area contributed by atoms with Crippen molar-refractivity contribution in [1.29, 1.82) is 0 Å². The van der Waals surface area contributed by atoms with Gasteiger partial charge in [-0.15, -0.1) is 0 Å². The summed E-state index contributed by atoms with van der Waals surface area (Å²) in [6.45, 7) is 8.75. The lowest BCUT2D eigenvalue weighted by molar-refractivity contribution is 0.0902. The summed E-state index contributed by atoms with van der Waals surface area (Å²) in [5, 5.41) is 0. The molecule has 0 radical (unpaired) electrons. The van der Waals surface area contributed by atoms with E-state index in [4.69, 9.17) is 10.5 Å². The summed E-state index contributed by atoms with van der Waals surface area (Å²) in [7, 11) is -3.17. The Bertz CT molecular complexity index is 366. The van der Waals surface area contributed by atoms with Crippen molar-refractivity contribution in [2.75, 3.05) is 51.6 Å². The van der Waals surface area contributed by atoms with Gasteiger partial charge in [0.05, 0.1) is 18.5 Å². The van der Waals surface area contributed by atoms with Gasteiger partial charge in [-0.2, -0.15) is 4.31 Å². The normalized spacial score (nSPS) is 18.5. The summed E-state index contributed by atoms with van der Waals surface area (Å²) >= 11 is 0. The van der Waals surface area contributed by atoms with Gasteiger partial charge in [0.1, 0.15) is 0 Å². The van der Waals surface area contributed by atoms with Crippen LogP contribution in [-0.2, 0) is 14.8 Å². The van der Waals surface area contributed by atoms with Crippen LogP contribution in [0.5, 0.6) is 0 Å². The maximum Gasteiger partial charge on any atom is 0.216 e. The molecule has 6 nitrogen and oxygen atoms in total. The van der Waals surface area contributed by atoms with Crippen molar-refractivity contribution in [2.24, 2.45) is 5.73 Å². The van der Waals surface area contributed by atoms with Crippen LogP contribution >= 0.6 is 0 Å². The second kappa shape index (κ2) is 9.74. The third-order valence-electron chi connectivity index (χ3n) is 3.70. The lowest BCUT2D eigenvalue weighted by atomic mass is 10.2. The molecule has 21 heavy (non-hydrogen) atoms. The summed E-state index contributed by atoms with van der Waals surface area (Å²) < 4.78 is 31.3. The van der Waals surface area contributed by atoms with Gasteiger partial charge in [0.15, 0.2) is 0 Å². The van der Waals surface area contributed by atoms with Gasteiger partial charge in [-0.25, -0.2) is 8.42 Å². The molecule has 1 heterocycles. The highest BCUT2D eigenvalue weighted by Gasteiger charge is 2.26. The van der Waals surface area contributed by atoms with Crippen LogP contribution in [-0.4, -0.2) is 75.4 Å². The number of nitrogens with two attached hydrogens (primary N) is 1. The van der Waals surface area contributed by atoms with Crippen molar-refractivity contribution >= 4 is 10.0 Å². The van der Waals surface area contributed by atoms with Crippen molar-refractivity contribution in [3.05, 3.63) is 0 Å². The summed E-state index contributed by atoms with van der Waals surface area (Å²) in [6, 6.07) is 0. The van der Waals surface area contributed by atoms with Crippen molar-refractivity contribution in [1.82, 2.24) is 9.21 Å². The van der Waals surface area contributed by atoms with Crippen LogP contribution in [0.25, 0.3) is 0 Å². The van der Waals surface area contributed by atoms with Gasteiger partial charge in [-0.3, -0.25) is 0 Å². The standard InChI is InChI=1S/C14H31N3O3S/c1-14(2)20-12-13-21(18,19)17-10-8-16(9-11-17)7-5-3-4-6-15/h14H,3-13,15H2,1-2H3. The second-order valence-electron chi connectivity index (χ2n) is 5.83. The maximum atomic E-state index is 12.2. The molecule has 0 saturated carbocycles. The Balaban J connectivity index is 2.24. The number of ether oxygens (including phenoxy) is 1. The highest BCUT2D eigenvalue weighted by molar-refractivity contribution is 7.89. The summed E-state index contributed by atoms with van der Waals surface area (Å²) in [5.74, 6) is 0.0850. The molecule has 1 aliphatic rings. The molecule has 0 aromatic heterocycles. The Morgan fingerprint density at radius 1 is 1.10 bits per heavy atom. The molecule has 2 N–H and O–H groups in total. The molecule has 0 atom stereocenters. The number of rotatable bonds is 10. The predicted molar refractivity (Wildman–Crippen MR) is 85.8 cm³/mol. The molecule has 0 aromatic carbocycles. The first kappa shape index (κ1) is 18.8. The fourth-order valence-electron chi connectivity index (χ4n) is 2.41. The molecule has 1 aliphatic heterocycles. The fraction of sp³-hybridized carbons (Fsp3) is 1.00. The topological polar surface area (TPSA) is 75.9 Å². The molecule has 1 saturated heterocycles. The zero-order chi connectivity index (χ0) is 15.7. The molecule has 126 valence electrons. The minimum absolute atomic E-state index is 0.0746. The number of hydrogen-bond donors (Lipinski definition) is 1. The molecule has 0 spiro atoms. The Morgan fingerprint density at radius 3 is 2.33 bits per heavy atom. The molecule has 1 rings (SSSR count). The number of hydrogen-bond acceptors (Lipinski definition) is 5. The van der Waals surface area contributed by atoms with Gasteiger partial charge in [0.2, 0.25) is 10.0 Å². The molecule has 1 fully saturated rings. The number of piperazine rings is 1. The molecule has 0 aliphatic carbocycles. The van der Waals surface area contributed by atoms with Gasteiger partial charge < -0.3 is 15.4 Å². The largest absolute Gasteiger partial charge is 0.378 e. The van der Waals surface area contributed by atoms with E-state index in [1.807, 2.05) is 13.8 Å². The third kappa shape index (κ3) is 7.56. The molecule has 0 bridgehead atoms. The Morgan fingerprint density at radius 2 is 1.76 bits per heavy atom. The summed E-state index contributed by atoms with van der Waals surface area (Å²) in [5.41, 5.74) is 5.48. The van der Waals surface area contributed by atoms with E-state index in [0.29, 0.717) is 13.1 Å². The maximum absolute atomic E-state index is 12.2. The monoisotopic (exact) mass is 321 g/mol. The van der Waals surface area contributed by atoms with Gasteiger partial charge in [-0.1, -0.05) is 6.42 Å². The second-order valence-corrected chi connectivity index (χ2v) is 7.91. The molecule has 0 aromatic rings. The van der Waals surface area contributed by atoms with E-state index >= 15 is 0 Å². The summed E-state index contributed by atoms with van der Waals surface area (Å²) in [6.07, 6.45) is 3.45. The number of unbranched alkanes of at least 4 members (excludes halogenated alkanes) is 2. The van der Waals surface area contributed by atoms with Gasteiger partial charge >= 0.3 is 0 Å². The molecular formula is C14H31N3O3S. The lowest BCUT2D eigenvalue weighted by Crippen LogP contribution is -2.49. The number of nitrogens with zero attached hydrogens (tertiary/aromatic N) is 2. The van der Waals surface area contributed by atoms with Gasteiger partial charge in [-0.05, 0) is 39.8 Å². The first-order chi connectivity index (χ1) is 9.95. The fourth-order valence-corrected chi connectivity index (χ4v) is 3.69. The van der Waals surface area contributed by atoms with Crippen LogP contribution in [0.2, 0.25) is 0 Å². The molecule has 7 heteroatoms. The minimum Gasteiger partial charge on any atom is -0.378 e. The average Bonchev–Trinajstić information content (AvgIpc) is 2.43. The Labute approximate surface area is 129 Å². The van der Waals surface area contributed by atoms with E-state index in [-0.39, 0.29) is 18.5 Å². The third-order valence-corrected chi connectivity index (χ3v) is 5.53. The van der Waals surface area contributed by atoms with E-state index in [2.05, 4.69) is 4.90 Å². The van der Waals surface area contributed by atoms with Crippen LogP contribution in [0, 0.1) is 0 Å². The van der Waals surface area contributed by atoms with Crippen LogP contribution in [0.15, 0.2) is 0 Å². The SMILES string of the molecule is CC(C)OCCS(=O)(=O)N1CCN(CCCCCN)CC1. The first-order valence-electron chi connectivity index (χ1n) is 7.97. The van der Waals surface area contributed by atoms with E-state index in [1.54, 1.807) is 4.31 Å². The van der Waals surface area contributed by atoms with E-state index in [1.165, 1.54) is 0 Å². The van der Waals surface area contributed by atoms with E-state index < -0.39 is 10.0 Å². The molecular weight excluding hydrogens is 290 g/mol. The predicted octanol–water partition coefficient (Wildman–Crippen LogP) is 0.488. The van der Waals surface area contributed by atoms with Crippen LogP contribution in [0.3, 0.4) is 0 Å². The molecule has 0 unspecified atom stereocenters. The van der Waals surface area contributed by atoms with Gasteiger partial charge in [0, 0.05) is 26.2 Å². The van der Waals surface area contributed by atoms with Crippen molar-refractivity contribution in [3.8, 4) is 0 Å².